The zero-order valence-corrected chi connectivity index (χ0v) is 10.2. The predicted octanol–water partition coefficient (Wildman–Crippen LogP) is 3.41. The SMILES string of the molecule is O=C(O)c1ccc(NCc2ccc(F)cc2)c(F)c1F. The van der Waals surface area contributed by atoms with Gasteiger partial charge in [0.1, 0.15) is 5.82 Å². The quantitative estimate of drug-likeness (QED) is 0.902. The molecular weight excluding hydrogens is 271 g/mol. The molecule has 0 aliphatic heterocycles. The van der Waals surface area contributed by atoms with Gasteiger partial charge in [0.05, 0.1) is 11.3 Å². The van der Waals surface area contributed by atoms with Crippen molar-refractivity contribution in [2.75, 3.05) is 5.32 Å². The number of hydrogen-bond acceptors (Lipinski definition) is 2. The number of halogens is 3. The van der Waals surface area contributed by atoms with Crippen LogP contribution in [0.3, 0.4) is 0 Å². The highest BCUT2D eigenvalue weighted by atomic mass is 19.2. The molecule has 104 valence electrons. The molecule has 0 aliphatic rings. The molecule has 0 heterocycles. The number of benzene rings is 2. The first-order chi connectivity index (χ1) is 9.49. The monoisotopic (exact) mass is 281 g/mol. The van der Waals surface area contributed by atoms with Crippen molar-refractivity contribution in [3.63, 3.8) is 0 Å². The fourth-order valence-electron chi connectivity index (χ4n) is 1.65. The van der Waals surface area contributed by atoms with Crippen LogP contribution in [0.5, 0.6) is 0 Å². The second kappa shape index (κ2) is 5.64. The van der Waals surface area contributed by atoms with E-state index in [1.807, 2.05) is 0 Å². The Kier molecular flexibility index (Phi) is 3.93. The number of carbonyl (C=O) groups is 1. The van der Waals surface area contributed by atoms with E-state index in [1.54, 1.807) is 0 Å². The Balaban J connectivity index is 2.16. The van der Waals surface area contributed by atoms with Crippen LogP contribution in [0.15, 0.2) is 36.4 Å². The molecule has 0 unspecified atom stereocenters. The summed E-state index contributed by atoms with van der Waals surface area (Å²) in [4.78, 5) is 10.6. The first-order valence-electron chi connectivity index (χ1n) is 5.68. The van der Waals surface area contributed by atoms with Gasteiger partial charge in [-0.3, -0.25) is 0 Å². The molecule has 2 aromatic rings. The minimum Gasteiger partial charge on any atom is -0.478 e. The summed E-state index contributed by atoms with van der Waals surface area (Å²) in [5.74, 6) is -4.60. The Morgan fingerprint density at radius 1 is 1.00 bits per heavy atom. The lowest BCUT2D eigenvalue weighted by molar-refractivity contribution is 0.0690. The van der Waals surface area contributed by atoms with Crippen LogP contribution >= 0.6 is 0 Å². The first kappa shape index (κ1) is 13.9. The van der Waals surface area contributed by atoms with Gasteiger partial charge in [0.25, 0.3) is 0 Å². The maximum atomic E-state index is 13.6. The summed E-state index contributed by atoms with van der Waals surface area (Å²) in [6.45, 7) is 0.156. The number of nitrogens with one attached hydrogen (secondary N) is 1. The highest BCUT2D eigenvalue weighted by Gasteiger charge is 2.17. The molecule has 0 bridgehead atoms. The summed E-state index contributed by atoms with van der Waals surface area (Å²) in [5.41, 5.74) is -0.208. The summed E-state index contributed by atoms with van der Waals surface area (Å²) >= 11 is 0. The lowest BCUT2D eigenvalue weighted by Crippen LogP contribution is -2.07. The van der Waals surface area contributed by atoms with E-state index >= 15 is 0 Å². The van der Waals surface area contributed by atoms with Gasteiger partial charge < -0.3 is 10.4 Å². The minimum absolute atomic E-state index is 0.156. The normalized spacial score (nSPS) is 10.3. The van der Waals surface area contributed by atoms with Crippen molar-refractivity contribution in [3.8, 4) is 0 Å². The molecule has 6 heteroatoms. The Labute approximate surface area is 112 Å². The van der Waals surface area contributed by atoms with Gasteiger partial charge in [0, 0.05) is 6.54 Å². The zero-order chi connectivity index (χ0) is 14.7. The van der Waals surface area contributed by atoms with Crippen LogP contribution in [0.2, 0.25) is 0 Å². The van der Waals surface area contributed by atoms with E-state index in [2.05, 4.69) is 5.32 Å². The van der Waals surface area contributed by atoms with Gasteiger partial charge in [-0.05, 0) is 29.8 Å². The standard InChI is InChI=1S/C14H10F3NO2/c15-9-3-1-8(2-4-9)7-18-11-6-5-10(14(19)20)12(16)13(11)17/h1-6,18H,7H2,(H,19,20). The Morgan fingerprint density at radius 2 is 1.65 bits per heavy atom. The molecule has 0 aliphatic carbocycles. The van der Waals surface area contributed by atoms with Gasteiger partial charge in [0.2, 0.25) is 0 Å². The second-order valence-corrected chi connectivity index (χ2v) is 4.07. The average Bonchev–Trinajstić information content (AvgIpc) is 2.42. The topological polar surface area (TPSA) is 49.3 Å². The Morgan fingerprint density at radius 3 is 2.25 bits per heavy atom. The van der Waals surface area contributed by atoms with Crippen LogP contribution in [0.4, 0.5) is 18.9 Å². The lowest BCUT2D eigenvalue weighted by atomic mass is 10.1. The van der Waals surface area contributed by atoms with E-state index < -0.39 is 29.0 Å². The van der Waals surface area contributed by atoms with E-state index in [0.29, 0.717) is 5.56 Å². The summed E-state index contributed by atoms with van der Waals surface area (Å²) < 4.78 is 39.8. The van der Waals surface area contributed by atoms with Crippen LogP contribution < -0.4 is 5.32 Å². The summed E-state index contributed by atoms with van der Waals surface area (Å²) in [5, 5.41) is 11.3. The molecule has 2 N–H and O–H groups in total. The van der Waals surface area contributed by atoms with E-state index in [1.165, 1.54) is 24.3 Å². The van der Waals surface area contributed by atoms with Crippen molar-refractivity contribution in [2.24, 2.45) is 0 Å². The second-order valence-electron chi connectivity index (χ2n) is 4.07. The highest BCUT2D eigenvalue weighted by Crippen LogP contribution is 2.21. The van der Waals surface area contributed by atoms with Gasteiger partial charge in [-0.15, -0.1) is 0 Å². The molecule has 0 radical (unpaired) electrons. The molecule has 2 aromatic carbocycles. The molecule has 0 saturated carbocycles. The van der Waals surface area contributed by atoms with Crippen molar-refractivity contribution in [1.82, 2.24) is 0 Å². The van der Waals surface area contributed by atoms with Gasteiger partial charge >= 0.3 is 5.97 Å². The fraction of sp³-hybridized carbons (Fsp3) is 0.0714. The third-order valence-corrected chi connectivity index (χ3v) is 2.71. The number of rotatable bonds is 4. The van der Waals surface area contributed by atoms with Gasteiger partial charge in [-0.25, -0.2) is 18.0 Å². The van der Waals surface area contributed by atoms with Crippen molar-refractivity contribution in [2.45, 2.75) is 6.54 Å². The third-order valence-electron chi connectivity index (χ3n) is 2.71. The third kappa shape index (κ3) is 2.90. The van der Waals surface area contributed by atoms with Crippen molar-refractivity contribution in [3.05, 3.63) is 65.0 Å². The molecule has 0 aromatic heterocycles. The maximum Gasteiger partial charge on any atom is 0.338 e. The number of aromatic carboxylic acids is 1. The molecule has 20 heavy (non-hydrogen) atoms. The zero-order valence-electron chi connectivity index (χ0n) is 10.2. The van der Waals surface area contributed by atoms with E-state index in [0.717, 1.165) is 12.1 Å². The average molecular weight is 281 g/mol. The minimum atomic E-state index is -1.54. The molecule has 0 spiro atoms. The molecule has 0 saturated heterocycles. The van der Waals surface area contributed by atoms with Crippen LogP contribution in [-0.4, -0.2) is 11.1 Å². The van der Waals surface area contributed by atoms with Crippen LogP contribution in [0.25, 0.3) is 0 Å². The summed E-state index contributed by atoms with van der Waals surface area (Å²) in [6.07, 6.45) is 0. The first-order valence-corrected chi connectivity index (χ1v) is 5.68. The number of anilines is 1. The van der Waals surface area contributed by atoms with Gasteiger partial charge in [-0.1, -0.05) is 12.1 Å². The van der Waals surface area contributed by atoms with Crippen molar-refractivity contribution in [1.29, 1.82) is 0 Å². The Hall–Kier alpha value is -2.50. The van der Waals surface area contributed by atoms with E-state index in [9.17, 15) is 18.0 Å². The highest BCUT2D eigenvalue weighted by molar-refractivity contribution is 5.88. The lowest BCUT2D eigenvalue weighted by Gasteiger charge is -2.09. The van der Waals surface area contributed by atoms with Gasteiger partial charge in [-0.2, -0.15) is 0 Å². The Bertz CT molecular complexity index is 642. The fourth-order valence-corrected chi connectivity index (χ4v) is 1.65. The predicted molar refractivity (Wildman–Crippen MR) is 67.0 cm³/mol. The number of carboxylic acid groups (broad SMARTS) is 1. The van der Waals surface area contributed by atoms with Crippen LogP contribution in [0.1, 0.15) is 15.9 Å². The molecule has 0 fully saturated rings. The molecule has 3 nitrogen and oxygen atoms in total. The van der Waals surface area contributed by atoms with Crippen LogP contribution in [-0.2, 0) is 6.54 Å². The number of hydrogen-bond donors (Lipinski definition) is 2. The van der Waals surface area contributed by atoms with E-state index in [4.69, 9.17) is 5.11 Å². The number of carboxylic acids is 1. The summed E-state index contributed by atoms with van der Waals surface area (Å²) in [6, 6.07) is 7.63. The smallest absolute Gasteiger partial charge is 0.338 e. The van der Waals surface area contributed by atoms with Crippen molar-refractivity contribution >= 4 is 11.7 Å². The van der Waals surface area contributed by atoms with E-state index in [-0.39, 0.29) is 12.2 Å². The van der Waals surface area contributed by atoms with Gasteiger partial charge in [0.15, 0.2) is 11.6 Å². The summed E-state index contributed by atoms with van der Waals surface area (Å²) in [7, 11) is 0. The van der Waals surface area contributed by atoms with Crippen molar-refractivity contribution < 1.29 is 23.1 Å². The molecule has 0 atom stereocenters. The molecular formula is C14H10F3NO2. The maximum absolute atomic E-state index is 13.6. The molecule has 2 rings (SSSR count). The van der Waals surface area contributed by atoms with Crippen LogP contribution in [0, 0.1) is 17.5 Å². The largest absolute Gasteiger partial charge is 0.478 e. The molecule has 0 amide bonds.